The Morgan fingerprint density at radius 1 is 1.48 bits per heavy atom. The van der Waals surface area contributed by atoms with Crippen molar-refractivity contribution >= 4 is 29.3 Å². The highest BCUT2D eigenvalue weighted by Crippen LogP contribution is 2.25. The van der Waals surface area contributed by atoms with E-state index in [1.54, 1.807) is 18.0 Å². The smallest absolute Gasteiger partial charge is 0.235 e. The Bertz CT molecular complexity index is 719. The average molecular weight is 380 g/mol. The van der Waals surface area contributed by atoms with Gasteiger partial charge in [-0.3, -0.25) is 4.79 Å². The fourth-order valence-electron chi connectivity index (χ4n) is 2.79. The summed E-state index contributed by atoms with van der Waals surface area (Å²) in [6, 6.07) is 7.68. The van der Waals surface area contributed by atoms with Gasteiger partial charge in [-0.05, 0) is 38.1 Å². The fraction of sp³-hybridized carbons (Fsp3) is 0.444. The van der Waals surface area contributed by atoms with Crippen LogP contribution < -0.4 is 5.32 Å². The van der Waals surface area contributed by atoms with Gasteiger partial charge in [-0.15, -0.1) is 11.8 Å². The first kappa shape index (κ1) is 18.3. The Labute approximate surface area is 157 Å². The Morgan fingerprint density at radius 2 is 2.24 bits per heavy atom. The van der Waals surface area contributed by atoms with Crippen LogP contribution in [0.25, 0.3) is 11.3 Å². The topological polar surface area (TPSA) is 58.4 Å². The molecule has 2 heterocycles. The summed E-state index contributed by atoms with van der Waals surface area (Å²) in [6.07, 6.45) is 1.71. The molecule has 1 aliphatic rings. The number of piperazine rings is 1. The van der Waals surface area contributed by atoms with Gasteiger partial charge < -0.3 is 14.6 Å². The first-order valence-electron chi connectivity index (χ1n) is 8.38. The van der Waals surface area contributed by atoms with E-state index in [2.05, 4.69) is 17.2 Å². The van der Waals surface area contributed by atoms with Crippen molar-refractivity contribution in [2.75, 3.05) is 19.6 Å². The van der Waals surface area contributed by atoms with E-state index in [0.29, 0.717) is 22.4 Å². The molecule has 2 aromatic rings. The van der Waals surface area contributed by atoms with Gasteiger partial charge in [0.1, 0.15) is 0 Å². The zero-order valence-corrected chi connectivity index (χ0v) is 15.9. The SMILES string of the molecule is CC(SCc1ncc(-c2ccc(Cl)cc2)o1)C(=O)N1CCNC[C@@H]1C. The van der Waals surface area contributed by atoms with Crippen LogP contribution in [-0.2, 0) is 10.5 Å². The highest BCUT2D eigenvalue weighted by molar-refractivity contribution is 7.99. The van der Waals surface area contributed by atoms with Crippen LogP contribution >= 0.6 is 23.4 Å². The Balaban J connectivity index is 1.56. The predicted molar refractivity (Wildman–Crippen MR) is 102 cm³/mol. The number of oxazole rings is 1. The summed E-state index contributed by atoms with van der Waals surface area (Å²) in [7, 11) is 0. The summed E-state index contributed by atoms with van der Waals surface area (Å²) in [5.41, 5.74) is 0.937. The fourth-order valence-corrected chi connectivity index (χ4v) is 3.72. The number of hydrogen-bond acceptors (Lipinski definition) is 5. The van der Waals surface area contributed by atoms with Gasteiger partial charge in [0.2, 0.25) is 11.8 Å². The molecule has 1 amide bonds. The lowest BCUT2D eigenvalue weighted by Gasteiger charge is -2.35. The van der Waals surface area contributed by atoms with Crippen molar-refractivity contribution in [1.82, 2.24) is 15.2 Å². The first-order valence-corrected chi connectivity index (χ1v) is 9.80. The molecule has 1 fully saturated rings. The van der Waals surface area contributed by atoms with Crippen LogP contribution in [0, 0.1) is 0 Å². The quantitative estimate of drug-likeness (QED) is 0.862. The second kappa shape index (κ2) is 8.25. The molecule has 1 saturated heterocycles. The lowest BCUT2D eigenvalue weighted by atomic mass is 10.2. The number of carbonyl (C=O) groups excluding carboxylic acids is 1. The van der Waals surface area contributed by atoms with E-state index >= 15 is 0 Å². The van der Waals surface area contributed by atoms with Gasteiger partial charge >= 0.3 is 0 Å². The van der Waals surface area contributed by atoms with Gasteiger partial charge in [-0.2, -0.15) is 0 Å². The van der Waals surface area contributed by atoms with Crippen molar-refractivity contribution in [1.29, 1.82) is 0 Å². The third-order valence-corrected chi connectivity index (χ3v) is 5.64. The Kier molecular flexibility index (Phi) is 6.04. The van der Waals surface area contributed by atoms with Crippen molar-refractivity contribution in [2.45, 2.75) is 30.9 Å². The molecule has 7 heteroatoms. The van der Waals surface area contributed by atoms with E-state index in [9.17, 15) is 4.79 Å². The Hall–Kier alpha value is -1.50. The summed E-state index contributed by atoms with van der Waals surface area (Å²) in [5, 5.41) is 3.87. The predicted octanol–water partition coefficient (Wildman–Crippen LogP) is 3.44. The van der Waals surface area contributed by atoms with Gasteiger partial charge in [0.05, 0.1) is 17.2 Å². The largest absolute Gasteiger partial charge is 0.440 e. The maximum Gasteiger partial charge on any atom is 0.235 e. The van der Waals surface area contributed by atoms with Crippen molar-refractivity contribution in [3.8, 4) is 11.3 Å². The van der Waals surface area contributed by atoms with E-state index in [1.165, 1.54) is 0 Å². The van der Waals surface area contributed by atoms with Gasteiger partial charge in [-0.1, -0.05) is 11.6 Å². The summed E-state index contributed by atoms with van der Waals surface area (Å²) >= 11 is 7.46. The van der Waals surface area contributed by atoms with E-state index in [1.807, 2.05) is 36.1 Å². The zero-order chi connectivity index (χ0) is 17.8. The third kappa shape index (κ3) is 4.57. The highest BCUT2D eigenvalue weighted by atomic mass is 35.5. The van der Waals surface area contributed by atoms with Crippen LogP contribution in [0.2, 0.25) is 5.02 Å². The molecule has 1 unspecified atom stereocenters. The first-order chi connectivity index (χ1) is 12.0. The molecule has 1 aromatic heterocycles. The summed E-state index contributed by atoms with van der Waals surface area (Å²) in [4.78, 5) is 18.9. The standard InChI is InChI=1S/C18H22ClN3O2S/c1-12-9-20-7-8-22(12)18(23)13(2)25-11-17-21-10-16(24-17)14-3-5-15(19)6-4-14/h3-6,10,12-13,20H,7-9,11H2,1-2H3/t12-,13?/m0/s1. The summed E-state index contributed by atoms with van der Waals surface area (Å²) < 4.78 is 5.80. The third-order valence-electron chi connectivity index (χ3n) is 4.27. The van der Waals surface area contributed by atoms with Crippen molar-refractivity contribution in [2.24, 2.45) is 0 Å². The van der Waals surface area contributed by atoms with Crippen molar-refractivity contribution < 1.29 is 9.21 Å². The van der Waals surface area contributed by atoms with Crippen LogP contribution in [0.15, 0.2) is 34.9 Å². The number of thioether (sulfide) groups is 1. The van der Waals surface area contributed by atoms with Gasteiger partial charge in [0, 0.05) is 36.3 Å². The normalized spacial score (nSPS) is 19.0. The van der Waals surface area contributed by atoms with Crippen molar-refractivity contribution in [3.63, 3.8) is 0 Å². The number of benzene rings is 1. The molecular formula is C18H22ClN3O2S. The summed E-state index contributed by atoms with van der Waals surface area (Å²) in [6.45, 7) is 6.51. The molecule has 0 saturated carbocycles. The molecule has 25 heavy (non-hydrogen) atoms. The van der Waals surface area contributed by atoms with Crippen LogP contribution in [0.4, 0.5) is 0 Å². The van der Waals surface area contributed by atoms with Crippen LogP contribution in [0.5, 0.6) is 0 Å². The number of rotatable bonds is 5. The van der Waals surface area contributed by atoms with Gasteiger partial charge in [0.15, 0.2) is 5.76 Å². The lowest BCUT2D eigenvalue weighted by Crippen LogP contribution is -2.54. The molecule has 5 nitrogen and oxygen atoms in total. The number of nitrogens with zero attached hydrogens (tertiary/aromatic N) is 2. The number of carbonyl (C=O) groups is 1. The van der Waals surface area contributed by atoms with Gasteiger partial charge in [0.25, 0.3) is 0 Å². The van der Waals surface area contributed by atoms with E-state index in [4.69, 9.17) is 16.0 Å². The number of aromatic nitrogens is 1. The number of nitrogens with one attached hydrogen (secondary N) is 1. The molecule has 1 N–H and O–H groups in total. The minimum absolute atomic E-state index is 0.119. The van der Waals surface area contributed by atoms with Crippen LogP contribution in [0.3, 0.4) is 0 Å². The Morgan fingerprint density at radius 3 is 2.96 bits per heavy atom. The molecule has 0 aliphatic carbocycles. The molecule has 0 bridgehead atoms. The molecule has 2 atom stereocenters. The van der Waals surface area contributed by atoms with E-state index < -0.39 is 0 Å². The molecule has 0 radical (unpaired) electrons. The average Bonchev–Trinajstić information content (AvgIpc) is 3.09. The maximum absolute atomic E-state index is 12.6. The van der Waals surface area contributed by atoms with Crippen molar-refractivity contribution in [3.05, 3.63) is 41.4 Å². The molecule has 1 aromatic carbocycles. The zero-order valence-electron chi connectivity index (χ0n) is 14.4. The number of halogens is 1. The summed E-state index contributed by atoms with van der Waals surface area (Å²) in [5.74, 6) is 2.09. The molecule has 1 aliphatic heterocycles. The molecular weight excluding hydrogens is 358 g/mol. The second-order valence-corrected chi connectivity index (χ2v) is 7.93. The molecule has 134 valence electrons. The van der Waals surface area contributed by atoms with E-state index in [-0.39, 0.29) is 17.2 Å². The second-order valence-electron chi connectivity index (χ2n) is 6.16. The maximum atomic E-state index is 12.6. The number of amides is 1. The molecule has 0 spiro atoms. The molecule has 3 rings (SSSR count). The minimum Gasteiger partial charge on any atom is -0.440 e. The van der Waals surface area contributed by atoms with E-state index in [0.717, 1.165) is 25.2 Å². The lowest BCUT2D eigenvalue weighted by molar-refractivity contribution is -0.133. The number of hydrogen-bond donors (Lipinski definition) is 1. The van der Waals surface area contributed by atoms with Crippen LogP contribution in [-0.4, -0.2) is 46.7 Å². The monoisotopic (exact) mass is 379 g/mol. The van der Waals surface area contributed by atoms with Crippen LogP contribution in [0.1, 0.15) is 19.7 Å². The minimum atomic E-state index is -0.119. The van der Waals surface area contributed by atoms with Gasteiger partial charge in [-0.25, -0.2) is 4.98 Å². The highest BCUT2D eigenvalue weighted by Gasteiger charge is 2.27.